The number of β-amino-alcohol motifs (C(OH)–C–C–N with tert-alkyl or cyclic N) is 1. The van der Waals surface area contributed by atoms with Crippen molar-refractivity contribution in [3.8, 4) is 0 Å². The standard InChI is InChI=1S/C17H32N4O/c1-13-5-7-20(8-6-13)12-17(22)10-18-15(3)16(4)21-11-14(2)9-19-21/h9,11,13,15-18,22H,5-8,10,12H2,1-4H3. The van der Waals surface area contributed by atoms with Gasteiger partial charge in [-0.1, -0.05) is 6.92 Å². The average Bonchev–Trinajstić information content (AvgIpc) is 2.93. The molecule has 2 heterocycles. The minimum Gasteiger partial charge on any atom is -0.390 e. The third-order valence-electron chi connectivity index (χ3n) is 4.89. The van der Waals surface area contributed by atoms with Gasteiger partial charge in [0.2, 0.25) is 0 Å². The Morgan fingerprint density at radius 3 is 2.64 bits per heavy atom. The molecular formula is C17H32N4O. The van der Waals surface area contributed by atoms with E-state index in [4.69, 9.17) is 0 Å². The van der Waals surface area contributed by atoms with Crippen LogP contribution in [0.25, 0.3) is 0 Å². The Labute approximate surface area is 134 Å². The van der Waals surface area contributed by atoms with Gasteiger partial charge in [0.15, 0.2) is 0 Å². The molecule has 126 valence electrons. The van der Waals surface area contributed by atoms with Gasteiger partial charge in [0.25, 0.3) is 0 Å². The van der Waals surface area contributed by atoms with E-state index in [0.29, 0.717) is 6.54 Å². The smallest absolute Gasteiger partial charge is 0.0791 e. The number of piperidine rings is 1. The Morgan fingerprint density at radius 1 is 1.36 bits per heavy atom. The molecule has 1 fully saturated rings. The summed E-state index contributed by atoms with van der Waals surface area (Å²) in [6.07, 6.45) is 6.16. The zero-order valence-electron chi connectivity index (χ0n) is 14.5. The second-order valence-corrected chi connectivity index (χ2v) is 7.07. The van der Waals surface area contributed by atoms with Crippen molar-refractivity contribution in [1.29, 1.82) is 0 Å². The molecule has 2 rings (SSSR count). The lowest BCUT2D eigenvalue weighted by molar-refractivity contribution is 0.0877. The first-order valence-electron chi connectivity index (χ1n) is 8.60. The zero-order chi connectivity index (χ0) is 16.1. The number of nitrogens with one attached hydrogen (secondary N) is 1. The van der Waals surface area contributed by atoms with Gasteiger partial charge in [0.05, 0.1) is 18.3 Å². The minimum atomic E-state index is -0.303. The van der Waals surface area contributed by atoms with Crippen LogP contribution >= 0.6 is 0 Å². The molecular weight excluding hydrogens is 276 g/mol. The average molecular weight is 308 g/mol. The van der Waals surface area contributed by atoms with Crippen LogP contribution in [-0.4, -0.2) is 58.1 Å². The number of aliphatic hydroxyl groups is 1. The van der Waals surface area contributed by atoms with Crippen LogP contribution in [0.5, 0.6) is 0 Å². The summed E-state index contributed by atoms with van der Waals surface area (Å²) in [5, 5.41) is 18.1. The number of likely N-dealkylation sites (tertiary alicyclic amines) is 1. The predicted molar refractivity (Wildman–Crippen MR) is 90.0 cm³/mol. The van der Waals surface area contributed by atoms with E-state index in [0.717, 1.165) is 25.6 Å². The fourth-order valence-electron chi connectivity index (χ4n) is 2.98. The summed E-state index contributed by atoms with van der Waals surface area (Å²) in [7, 11) is 0. The van der Waals surface area contributed by atoms with Crippen LogP contribution in [0.2, 0.25) is 0 Å². The zero-order valence-corrected chi connectivity index (χ0v) is 14.5. The highest BCUT2D eigenvalue weighted by Crippen LogP contribution is 2.16. The van der Waals surface area contributed by atoms with Gasteiger partial charge in [-0.25, -0.2) is 0 Å². The van der Waals surface area contributed by atoms with Crippen LogP contribution in [0.1, 0.15) is 45.2 Å². The predicted octanol–water partition coefficient (Wildman–Crippen LogP) is 1.82. The maximum absolute atomic E-state index is 10.2. The molecule has 0 saturated carbocycles. The van der Waals surface area contributed by atoms with E-state index in [2.05, 4.69) is 49.2 Å². The summed E-state index contributed by atoms with van der Waals surface area (Å²) < 4.78 is 1.99. The van der Waals surface area contributed by atoms with E-state index in [1.165, 1.54) is 18.4 Å². The molecule has 3 atom stereocenters. The number of aryl methyl sites for hydroxylation is 1. The lowest BCUT2D eigenvalue weighted by atomic mass is 9.99. The summed E-state index contributed by atoms with van der Waals surface area (Å²) in [5.74, 6) is 0.838. The Morgan fingerprint density at radius 2 is 2.05 bits per heavy atom. The molecule has 2 N–H and O–H groups in total. The summed E-state index contributed by atoms with van der Waals surface area (Å²) in [6, 6.07) is 0.548. The van der Waals surface area contributed by atoms with Crippen LogP contribution < -0.4 is 5.32 Å². The summed E-state index contributed by atoms with van der Waals surface area (Å²) in [6.45, 7) is 12.3. The molecule has 1 aliphatic heterocycles. The van der Waals surface area contributed by atoms with Crippen LogP contribution in [0.4, 0.5) is 0 Å². The van der Waals surface area contributed by atoms with Gasteiger partial charge in [-0.2, -0.15) is 5.10 Å². The van der Waals surface area contributed by atoms with Crippen LogP contribution in [0, 0.1) is 12.8 Å². The molecule has 3 unspecified atom stereocenters. The number of hydrogen-bond donors (Lipinski definition) is 2. The molecule has 0 aromatic carbocycles. The van der Waals surface area contributed by atoms with E-state index in [1.54, 1.807) is 0 Å². The summed E-state index contributed by atoms with van der Waals surface area (Å²) in [4.78, 5) is 2.39. The van der Waals surface area contributed by atoms with Crippen molar-refractivity contribution >= 4 is 0 Å². The highest BCUT2D eigenvalue weighted by molar-refractivity contribution is 5.00. The van der Waals surface area contributed by atoms with Gasteiger partial charge in [0.1, 0.15) is 0 Å². The first-order chi connectivity index (χ1) is 10.5. The van der Waals surface area contributed by atoms with E-state index in [-0.39, 0.29) is 18.2 Å². The van der Waals surface area contributed by atoms with E-state index < -0.39 is 0 Å². The van der Waals surface area contributed by atoms with E-state index in [9.17, 15) is 5.11 Å². The maximum Gasteiger partial charge on any atom is 0.0791 e. The molecule has 0 amide bonds. The number of aliphatic hydroxyl groups excluding tert-OH is 1. The molecule has 22 heavy (non-hydrogen) atoms. The Kier molecular flexibility index (Phi) is 6.41. The third kappa shape index (κ3) is 5.07. The van der Waals surface area contributed by atoms with Gasteiger partial charge in [-0.05, 0) is 58.2 Å². The number of aromatic nitrogens is 2. The number of rotatable bonds is 7. The Bertz CT molecular complexity index is 440. The van der Waals surface area contributed by atoms with Crippen LogP contribution in [0.15, 0.2) is 12.4 Å². The van der Waals surface area contributed by atoms with Gasteiger partial charge in [0, 0.05) is 25.3 Å². The quantitative estimate of drug-likeness (QED) is 0.807. The highest BCUT2D eigenvalue weighted by atomic mass is 16.3. The van der Waals surface area contributed by atoms with Crippen molar-refractivity contribution in [2.45, 2.75) is 58.7 Å². The van der Waals surface area contributed by atoms with Crippen molar-refractivity contribution in [2.24, 2.45) is 5.92 Å². The largest absolute Gasteiger partial charge is 0.390 e. The molecule has 0 aliphatic carbocycles. The first-order valence-corrected chi connectivity index (χ1v) is 8.60. The maximum atomic E-state index is 10.2. The highest BCUT2D eigenvalue weighted by Gasteiger charge is 2.20. The topological polar surface area (TPSA) is 53.3 Å². The second-order valence-electron chi connectivity index (χ2n) is 7.07. The molecule has 1 aromatic heterocycles. The molecule has 1 aliphatic rings. The first kappa shape index (κ1) is 17.4. The van der Waals surface area contributed by atoms with Crippen molar-refractivity contribution in [3.05, 3.63) is 18.0 Å². The lowest BCUT2D eigenvalue weighted by Crippen LogP contribution is -2.44. The fourth-order valence-corrected chi connectivity index (χ4v) is 2.98. The van der Waals surface area contributed by atoms with Gasteiger partial charge in [-0.3, -0.25) is 4.68 Å². The molecule has 5 nitrogen and oxygen atoms in total. The summed E-state index contributed by atoms with van der Waals surface area (Å²) >= 11 is 0. The van der Waals surface area contributed by atoms with Gasteiger partial charge >= 0.3 is 0 Å². The molecule has 0 bridgehead atoms. The van der Waals surface area contributed by atoms with Gasteiger partial charge < -0.3 is 15.3 Å². The Balaban J connectivity index is 1.70. The number of hydrogen-bond acceptors (Lipinski definition) is 4. The van der Waals surface area contributed by atoms with Gasteiger partial charge in [-0.15, -0.1) is 0 Å². The summed E-state index contributed by atoms with van der Waals surface area (Å²) in [5.41, 5.74) is 1.18. The minimum absolute atomic E-state index is 0.273. The molecule has 0 radical (unpaired) electrons. The monoisotopic (exact) mass is 308 g/mol. The van der Waals surface area contributed by atoms with E-state index >= 15 is 0 Å². The third-order valence-corrected chi connectivity index (χ3v) is 4.89. The Hall–Kier alpha value is -0.910. The molecule has 5 heteroatoms. The lowest BCUT2D eigenvalue weighted by Gasteiger charge is -2.32. The molecule has 1 aromatic rings. The van der Waals surface area contributed by atoms with Crippen molar-refractivity contribution in [2.75, 3.05) is 26.2 Å². The van der Waals surface area contributed by atoms with Crippen molar-refractivity contribution < 1.29 is 5.11 Å². The van der Waals surface area contributed by atoms with Crippen LogP contribution in [-0.2, 0) is 0 Å². The van der Waals surface area contributed by atoms with Crippen molar-refractivity contribution in [3.63, 3.8) is 0 Å². The fraction of sp³-hybridized carbons (Fsp3) is 0.824. The van der Waals surface area contributed by atoms with E-state index in [1.807, 2.05) is 10.9 Å². The van der Waals surface area contributed by atoms with Crippen LogP contribution in [0.3, 0.4) is 0 Å². The SMILES string of the molecule is Cc1cnn(C(C)C(C)NCC(O)CN2CCC(C)CC2)c1. The molecule has 0 spiro atoms. The second kappa shape index (κ2) is 8.09. The number of nitrogens with zero attached hydrogens (tertiary/aromatic N) is 3. The van der Waals surface area contributed by atoms with Crippen molar-refractivity contribution in [1.82, 2.24) is 20.0 Å². The normalized spacial score (nSPS) is 21.7. The molecule has 1 saturated heterocycles.